The first-order valence-electron chi connectivity index (χ1n) is 12.9. The third-order valence-electron chi connectivity index (χ3n) is 7.12. The van der Waals surface area contributed by atoms with E-state index in [1.165, 1.54) is 5.01 Å². The lowest BCUT2D eigenvalue weighted by Crippen LogP contribution is -2.27. The molecule has 0 unspecified atom stereocenters. The van der Waals surface area contributed by atoms with Crippen molar-refractivity contribution >= 4 is 39.5 Å². The lowest BCUT2D eigenvalue weighted by molar-refractivity contribution is -0.141. The van der Waals surface area contributed by atoms with Crippen LogP contribution in [-0.2, 0) is 9.59 Å². The van der Waals surface area contributed by atoms with E-state index < -0.39 is 17.9 Å². The summed E-state index contributed by atoms with van der Waals surface area (Å²) in [5.74, 6) is -1.50. The molecule has 0 aliphatic carbocycles. The van der Waals surface area contributed by atoms with Crippen LogP contribution in [0.1, 0.15) is 42.0 Å². The Balaban J connectivity index is 1.53. The monoisotopic (exact) mass is 531 g/mol. The number of aromatic amines is 1. The number of hydrazone groups is 1. The lowest BCUT2D eigenvalue weighted by atomic mass is 9.90. The van der Waals surface area contributed by atoms with Crippen molar-refractivity contribution in [3.8, 4) is 11.1 Å². The molecule has 2 N–H and O–H groups in total. The number of carbonyl (C=O) groups is 2. The number of hydrogen-bond acceptors (Lipinski definition) is 6. The highest BCUT2D eigenvalue weighted by Gasteiger charge is 2.35. The molecule has 1 aliphatic heterocycles. The summed E-state index contributed by atoms with van der Waals surface area (Å²) in [6.45, 7) is 1.99. The first-order chi connectivity index (χ1) is 19.4. The number of carboxylic acid groups (broad SMARTS) is 1. The SMILES string of the molecule is Cc1ccc2[nH]c(=O)c(C3=NN(C(=O)CCC(=O)O)[C@H](c4ccc5nccnc5c4)C3)c(-c3ccccc3)c2c1. The Labute approximate surface area is 228 Å². The van der Waals surface area contributed by atoms with Gasteiger partial charge in [-0.25, -0.2) is 5.01 Å². The van der Waals surface area contributed by atoms with Crippen LogP contribution in [0.25, 0.3) is 33.1 Å². The molecule has 0 radical (unpaired) electrons. The van der Waals surface area contributed by atoms with Crippen LogP contribution in [0.3, 0.4) is 0 Å². The normalized spacial score (nSPS) is 15.0. The van der Waals surface area contributed by atoms with Crippen molar-refractivity contribution < 1.29 is 14.7 Å². The van der Waals surface area contributed by atoms with Gasteiger partial charge in [-0.3, -0.25) is 24.4 Å². The second-order valence-corrected chi connectivity index (χ2v) is 9.82. The number of nitrogens with one attached hydrogen (secondary N) is 1. The van der Waals surface area contributed by atoms with E-state index in [1.54, 1.807) is 12.4 Å². The molecule has 9 heteroatoms. The quantitative estimate of drug-likeness (QED) is 0.318. The van der Waals surface area contributed by atoms with Gasteiger partial charge >= 0.3 is 5.97 Å². The predicted molar refractivity (Wildman–Crippen MR) is 152 cm³/mol. The van der Waals surface area contributed by atoms with Crippen LogP contribution in [0.4, 0.5) is 0 Å². The van der Waals surface area contributed by atoms with Crippen molar-refractivity contribution in [3.05, 3.63) is 106 Å². The van der Waals surface area contributed by atoms with Gasteiger partial charge in [0.25, 0.3) is 5.56 Å². The first-order valence-corrected chi connectivity index (χ1v) is 12.9. The van der Waals surface area contributed by atoms with E-state index in [0.717, 1.165) is 27.6 Å². The number of hydrogen-bond donors (Lipinski definition) is 2. The van der Waals surface area contributed by atoms with Gasteiger partial charge in [-0.05, 0) is 42.3 Å². The van der Waals surface area contributed by atoms with Gasteiger partial charge in [-0.2, -0.15) is 5.10 Å². The van der Waals surface area contributed by atoms with Crippen molar-refractivity contribution in [2.24, 2.45) is 5.10 Å². The molecule has 0 fully saturated rings. The van der Waals surface area contributed by atoms with Crippen LogP contribution in [0.2, 0.25) is 0 Å². The van der Waals surface area contributed by atoms with E-state index in [9.17, 15) is 19.5 Å². The molecule has 0 saturated carbocycles. The van der Waals surface area contributed by atoms with Crippen LogP contribution in [0, 0.1) is 6.92 Å². The Morgan fingerprint density at radius 1 is 0.950 bits per heavy atom. The van der Waals surface area contributed by atoms with Crippen molar-refractivity contribution in [2.75, 3.05) is 0 Å². The third-order valence-corrected chi connectivity index (χ3v) is 7.12. The molecule has 198 valence electrons. The number of nitrogens with zero attached hydrogens (tertiary/aromatic N) is 4. The molecular formula is C31H25N5O4. The summed E-state index contributed by atoms with van der Waals surface area (Å²) >= 11 is 0. The van der Waals surface area contributed by atoms with Gasteiger partial charge in [0, 0.05) is 41.7 Å². The van der Waals surface area contributed by atoms with Gasteiger partial charge in [0.05, 0.1) is 34.8 Å². The summed E-state index contributed by atoms with van der Waals surface area (Å²) in [7, 11) is 0. The highest BCUT2D eigenvalue weighted by molar-refractivity contribution is 6.13. The molecule has 40 heavy (non-hydrogen) atoms. The third kappa shape index (κ3) is 4.62. The Morgan fingerprint density at radius 3 is 2.50 bits per heavy atom. The van der Waals surface area contributed by atoms with E-state index in [0.29, 0.717) is 27.8 Å². The van der Waals surface area contributed by atoms with Gasteiger partial charge in [0.2, 0.25) is 5.91 Å². The fourth-order valence-corrected chi connectivity index (χ4v) is 5.25. The Bertz CT molecular complexity index is 1880. The van der Waals surface area contributed by atoms with Crippen LogP contribution in [0.15, 0.2) is 89.0 Å². The Hall–Kier alpha value is -5.18. The number of aromatic nitrogens is 3. The number of carbonyl (C=O) groups excluding carboxylic acids is 1. The molecule has 5 aromatic rings. The second-order valence-electron chi connectivity index (χ2n) is 9.82. The average molecular weight is 532 g/mol. The zero-order valence-corrected chi connectivity index (χ0v) is 21.7. The number of rotatable bonds is 6. The first kappa shape index (κ1) is 25.1. The summed E-state index contributed by atoms with van der Waals surface area (Å²) in [6.07, 6.45) is 2.95. The number of fused-ring (bicyclic) bond motifs is 2. The number of carboxylic acids is 1. The minimum Gasteiger partial charge on any atom is -0.481 e. The van der Waals surface area contributed by atoms with Crippen molar-refractivity contribution in [3.63, 3.8) is 0 Å². The zero-order valence-electron chi connectivity index (χ0n) is 21.7. The maximum absolute atomic E-state index is 13.7. The summed E-state index contributed by atoms with van der Waals surface area (Å²) in [6, 6.07) is 20.5. The molecule has 1 atom stereocenters. The smallest absolute Gasteiger partial charge is 0.303 e. The lowest BCUT2D eigenvalue weighted by Gasteiger charge is -2.22. The molecule has 2 aromatic heterocycles. The summed E-state index contributed by atoms with van der Waals surface area (Å²) in [5.41, 5.74) is 6.02. The molecular weight excluding hydrogens is 506 g/mol. The molecule has 9 nitrogen and oxygen atoms in total. The minimum absolute atomic E-state index is 0.213. The zero-order chi connectivity index (χ0) is 27.8. The average Bonchev–Trinajstić information content (AvgIpc) is 3.41. The molecule has 1 amide bonds. The van der Waals surface area contributed by atoms with Gasteiger partial charge < -0.3 is 10.1 Å². The van der Waals surface area contributed by atoms with Crippen molar-refractivity contribution in [2.45, 2.75) is 32.2 Å². The Kier molecular flexibility index (Phi) is 6.39. The van der Waals surface area contributed by atoms with E-state index in [4.69, 9.17) is 5.10 Å². The highest BCUT2D eigenvalue weighted by Crippen LogP contribution is 2.38. The predicted octanol–water partition coefficient (Wildman–Crippen LogP) is 4.99. The van der Waals surface area contributed by atoms with Crippen molar-refractivity contribution in [1.82, 2.24) is 20.0 Å². The number of amides is 1. The molecule has 6 rings (SSSR count). The number of aryl methyl sites for hydroxylation is 1. The van der Waals surface area contributed by atoms with Gasteiger partial charge in [-0.15, -0.1) is 0 Å². The fourth-order valence-electron chi connectivity index (χ4n) is 5.25. The van der Waals surface area contributed by atoms with Crippen LogP contribution in [0.5, 0.6) is 0 Å². The van der Waals surface area contributed by atoms with Crippen LogP contribution < -0.4 is 5.56 Å². The maximum Gasteiger partial charge on any atom is 0.303 e. The van der Waals surface area contributed by atoms with E-state index >= 15 is 0 Å². The molecule has 3 heterocycles. The second kappa shape index (κ2) is 10.2. The number of benzene rings is 3. The standard InChI is InChI=1S/C31H25N5O4/c1-18-7-9-22-21(15-18)29(19-5-3-2-4-6-19)30(31(40)34-22)25-17-26(36(35-25)27(37)11-12-28(38)39)20-8-10-23-24(16-20)33-14-13-32-23/h2-10,13-16,26H,11-12,17H2,1H3,(H,34,40)(H,38,39)/t26-/m0/s1. The van der Waals surface area contributed by atoms with Crippen molar-refractivity contribution in [1.29, 1.82) is 0 Å². The maximum atomic E-state index is 13.7. The van der Waals surface area contributed by atoms with Gasteiger partial charge in [0.15, 0.2) is 0 Å². The minimum atomic E-state index is -1.07. The largest absolute Gasteiger partial charge is 0.481 e. The topological polar surface area (TPSA) is 129 Å². The van der Waals surface area contributed by atoms with Gasteiger partial charge in [0.1, 0.15) is 0 Å². The molecule has 0 spiro atoms. The summed E-state index contributed by atoms with van der Waals surface area (Å²) < 4.78 is 0. The van der Waals surface area contributed by atoms with E-state index in [-0.39, 0.29) is 24.8 Å². The summed E-state index contributed by atoms with van der Waals surface area (Å²) in [4.78, 5) is 49.9. The Morgan fingerprint density at radius 2 is 1.73 bits per heavy atom. The molecule has 1 aliphatic rings. The molecule has 0 bridgehead atoms. The van der Waals surface area contributed by atoms with Crippen LogP contribution >= 0.6 is 0 Å². The molecule has 3 aromatic carbocycles. The summed E-state index contributed by atoms with van der Waals surface area (Å²) in [5, 5.41) is 16.1. The van der Waals surface area contributed by atoms with E-state index in [1.807, 2.05) is 73.7 Å². The van der Waals surface area contributed by atoms with E-state index in [2.05, 4.69) is 15.0 Å². The number of H-pyrrole nitrogens is 1. The number of aliphatic carboxylic acids is 1. The van der Waals surface area contributed by atoms with Gasteiger partial charge in [-0.1, -0.05) is 48.0 Å². The molecule has 0 saturated heterocycles. The fraction of sp³-hybridized carbons (Fsp3) is 0.161. The highest BCUT2D eigenvalue weighted by atomic mass is 16.4. The number of pyridine rings is 1. The van der Waals surface area contributed by atoms with Crippen LogP contribution in [-0.4, -0.2) is 42.7 Å².